The largest absolute Gasteiger partial charge is 0.488 e. The summed E-state index contributed by atoms with van der Waals surface area (Å²) in [5, 5.41) is 18.5. The summed E-state index contributed by atoms with van der Waals surface area (Å²) in [6, 6.07) is 4.49. The molecule has 3 nitrogen and oxygen atoms in total. The molecule has 1 aromatic rings. The number of hydrogen-bond acceptors (Lipinski definition) is 4. The Labute approximate surface area is 112 Å². The summed E-state index contributed by atoms with van der Waals surface area (Å²) in [6.07, 6.45) is 2.05. The lowest BCUT2D eigenvalue weighted by molar-refractivity contribution is 0.270. The van der Waals surface area contributed by atoms with E-state index < -0.39 is 12.9 Å². The minimum Gasteiger partial charge on any atom is -0.423 e. The number of rotatable bonds is 6. The molecule has 1 unspecified atom stereocenters. The van der Waals surface area contributed by atoms with E-state index in [0.29, 0.717) is 12.6 Å². The van der Waals surface area contributed by atoms with Gasteiger partial charge < -0.3 is 10.0 Å². The highest BCUT2D eigenvalue weighted by atomic mass is 32.2. The van der Waals surface area contributed by atoms with Crippen LogP contribution >= 0.6 is 11.8 Å². The number of hydrogen-bond donors (Lipinski definition) is 2. The lowest BCUT2D eigenvalue weighted by atomic mass is 9.77. The Kier molecular flexibility index (Phi) is 6.15. The van der Waals surface area contributed by atoms with Crippen LogP contribution in [0.4, 0.5) is 4.39 Å². The van der Waals surface area contributed by atoms with Crippen molar-refractivity contribution in [2.75, 3.05) is 19.1 Å². The first kappa shape index (κ1) is 15.5. The molecule has 0 saturated carbocycles. The van der Waals surface area contributed by atoms with E-state index in [4.69, 9.17) is 0 Å². The van der Waals surface area contributed by atoms with Crippen LogP contribution in [0.2, 0.25) is 0 Å². The van der Waals surface area contributed by atoms with Crippen molar-refractivity contribution >= 4 is 24.3 Å². The lowest BCUT2D eigenvalue weighted by Gasteiger charge is -2.25. The topological polar surface area (TPSA) is 43.7 Å². The molecule has 0 spiro atoms. The molecule has 6 heteroatoms. The average molecular weight is 271 g/mol. The molecule has 0 aromatic heterocycles. The molecule has 0 radical (unpaired) electrons. The standard InChI is InChI=1S/C12H19BFNO2S/c1-9(8-18-3)15(2)7-10-4-5-11(14)6-12(10)13(16)17/h4-6,9,16-17H,7-8H2,1-3H3. The van der Waals surface area contributed by atoms with Crippen LogP contribution in [0, 0.1) is 5.82 Å². The second-order valence-electron chi connectivity index (χ2n) is 4.44. The summed E-state index contributed by atoms with van der Waals surface area (Å²) in [7, 11) is 0.331. The van der Waals surface area contributed by atoms with Gasteiger partial charge in [0.15, 0.2) is 0 Å². The third-order valence-corrected chi connectivity index (χ3v) is 3.78. The van der Waals surface area contributed by atoms with Crippen LogP contribution in [0.3, 0.4) is 0 Å². The number of thioether (sulfide) groups is 1. The molecule has 0 aliphatic heterocycles. The summed E-state index contributed by atoms with van der Waals surface area (Å²) in [4.78, 5) is 2.11. The van der Waals surface area contributed by atoms with Crippen LogP contribution in [-0.2, 0) is 6.54 Å². The highest BCUT2D eigenvalue weighted by Gasteiger charge is 2.19. The zero-order valence-electron chi connectivity index (χ0n) is 10.9. The van der Waals surface area contributed by atoms with Crippen molar-refractivity contribution in [3.63, 3.8) is 0 Å². The number of halogens is 1. The van der Waals surface area contributed by atoms with E-state index >= 15 is 0 Å². The number of benzene rings is 1. The van der Waals surface area contributed by atoms with Gasteiger partial charge in [0.2, 0.25) is 0 Å². The van der Waals surface area contributed by atoms with E-state index in [2.05, 4.69) is 11.8 Å². The Morgan fingerprint density at radius 3 is 2.67 bits per heavy atom. The fourth-order valence-corrected chi connectivity index (χ4v) is 2.48. The van der Waals surface area contributed by atoms with Crippen LogP contribution < -0.4 is 5.46 Å². The molecule has 0 heterocycles. The Hall–Kier alpha value is -0.555. The average Bonchev–Trinajstić information content (AvgIpc) is 2.31. The highest BCUT2D eigenvalue weighted by molar-refractivity contribution is 7.98. The molecule has 2 N–H and O–H groups in total. The summed E-state index contributed by atoms with van der Waals surface area (Å²) >= 11 is 1.76. The second kappa shape index (κ2) is 7.14. The minimum absolute atomic E-state index is 0.234. The molecular formula is C12H19BFNO2S. The van der Waals surface area contributed by atoms with Crippen LogP contribution in [0.15, 0.2) is 18.2 Å². The lowest BCUT2D eigenvalue weighted by Crippen LogP contribution is -2.38. The number of nitrogens with zero attached hydrogens (tertiary/aromatic N) is 1. The summed E-state index contributed by atoms with van der Waals surface area (Å²) in [5.41, 5.74) is 0.972. The van der Waals surface area contributed by atoms with Crippen molar-refractivity contribution in [1.82, 2.24) is 4.90 Å². The van der Waals surface area contributed by atoms with Crippen LogP contribution in [0.1, 0.15) is 12.5 Å². The minimum atomic E-state index is -1.64. The molecule has 18 heavy (non-hydrogen) atoms. The quantitative estimate of drug-likeness (QED) is 0.747. The fourth-order valence-electron chi connectivity index (χ4n) is 1.74. The third-order valence-electron chi connectivity index (χ3n) is 2.97. The molecule has 1 aromatic carbocycles. The molecule has 100 valence electrons. The summed E-state index contributed by atoms with van der Waals surface area (Å²) in [5.74, 6) is 0.538. The van der Waals surface area contributed by atoms with E-state index in [0.717, 1.165) is 11.3 Å². The van der Waals surface area contributed by atoms with Gasteiger partial charge in [0.25, 0.3) is 0 Å². The Morgan fingerprint density at radius 1 is 1.44 bits per heavy atom. The predicted molar refractivity (Wildman–Crippen MR) is 75.5 cm³/mol. The van der Waals surface area contributed by atoms with Gasteiger partial charge in [0.1, 0.15) is 5.82 Å². The maximum Gasteiger partial charge on any atom is 0.488 e. The van der Waals surface area contributed by atoms with E-state index in [1.165, 1.54) is 12.1 Å². The first-order chi connectivity index (χ1) is 8.45. The second-order valence-corrected chi connectivity index (χ2v) is 5.35. The molecule has 0 amide bonds. The first-order valence-corrected chi connectivity index (χ1v) is 7.18. The highest BCUT2D eigenvalue weighted by Crippen LogP contribution is 2.09. The molecule has 1 atom stereocenters. The van der Waals surface area contributed by atoms with Crippen molar-refractivity contribution < 1.29 is 14.4 Å². The van der Waals surface area contributed by atoms with Crippen molar-refractivity contribution in [2.45, 2.75) is 19.5 Å². The molecular weight excluding hydrogens is 252 g/mol. The maximum atomic E-state index is 13.1. The molecule has 0 fully saturated rings. The van der Waals surface area contributed by atoms with Crippen LogP contribution in [-0.4, -0.2) is 47.2 Å². The van der Waals surface area contributed by atoms with Crippen molar-refractivity contribution in [3.8, 4) is 0 Å². The normalized spacial score (nSPS) is 12.8. The van der Waals surface area contributed by atoms with E-state index in [1.54, 1.807) is 17.8 Å². The Morgan fingerprint density at radius 2 is 2.11 bits per heavy atom. The van der Waals surface area contributed by atoms with E-state index in [-0.39, 0.29) is 5.46 Å². The van der Waals surface area contributed by atoms with E-state index in [9.17, 15) is 14.4 Å². The fraction of sp³-hybridized carbons (Fsp3) is 0.500. The van der Waals surface area contributed by atoms with Gasteiger partial charge in [-0.25, -0.2) is 4.39 Å². The monoisotopic (exact) mass is 271 g/mol. The molecule has 0 bridgehead atoms. The van der Waals surface area contributed by atoms with E-state index in [1.807, 2.05) is 13.3 Å². The Balaban J connectivity index is 2.83. The molecule has 1 rings (SSSR count). The summed E-state index contributed by atoms with van der Waals surface area (Å²) in [6.45, 7) is 2.67. The van der Waals surface area contributed by atoms with Gasteiger partial charge in [-0.3, -0.25) is 4.90 Å². The third kappa shape index (κ3) is 4.28. The Bertz CT molecular complexity index is 392. The molecule has 0 saturated heterocycles. The van der Waals surface area contributed by atoms with Gasteiger partial charge in [-0.2, -0.15) is 11.8 Å². The summed E-state index contributed by atoms with van der Waals surface area (Å²) < 4.78 is 13.1. The maximum absolute atomic E-state index is 13.1. The van der Waals surface area contributed by atoms with Crippen LogP contribution in [0.5, 0.6) is 0 Å². The zero-order valence-corrected chi connectivity index (χ0v) is 11.7. The van der Waals surface area contributed by atoms with Gasteiger partial charge in [0, 0.05) is 18.3 Å². The van der Waals surface area contributed by atoms with Gasteiger partial charge in [0.05, 0.1) is 0 Å². The SMILES string of the molecule is CSCC(C)N(C)Cc1ccc(F)cc1B(O)O. The molecule has 0 aliphatic carbocycles. The van der Waals surface area contributed by atoms with Crippen molar-refractivity contribution in [3.05, 3.63) is 29.6 Å². The first-order valence-electron chi connectivity index (χ1n) is 5.79. The van der Waals surface area contributed by atoms with Crippen molar-refractivity contribution in [2.24, 2.45) is 0 Å². The van der Waals surface area contributed by atoms with Gasteiger partial charge in [-0.15, -0.1) is 0 Å². The van der Waals surface area contributed by atoms with Crippen molar-refractivity contribution in [1.29, 1.82) is 0 Å². The van der Waals surface area contributed by atoms with Gasteiger partial charge >= 0.3 is 7.12 Å². The predicted octanol–water partition coefficient (Wildman–Crippen LogP) is 0.689. The van der Waals surface area contributed by atoms with Crippen LogP contribution in [0.25, 0.3) is 0 Å². The van der Waals surface area contributed by atoms with Gasteiger partial charge in [-0.05, 0) is 43.4 Å². The smallest absolute Gasteiger partial charge is 0.423 e. The van der Waals surface area contributed by atoms with Gasteiger partial charge in [-0.1, -0.05) is 6.07 Å². The molecule has 0 aliphatic rings. The zero-order chi connectivity index (χ0) is 13.7.